The molecule has 1 aromatic carbocycles. The van der Waals surface area contributed by atoms with Crippen LogP contribution in [0, 0.1) is 0 Å². The number of carbonyl (C=O) groups excluding carboxylic acids is 3. The maximum absolute atomic E-state index is 12.6. The molecule has 1 N–H and O–H groups in total. The van der Waals surface area contributed by atoms with Crippen LogP contribution in [0.2, 0.25) is 0 Å². The molecular weight excluding hydrogens is 372 g/mol. The smallest absolute Gasteiger partial charge is 0.410 e. The summed E-state index contributed by atoms with van der Waals surface area (Å²) in [6.07, 6.45) is 1.04. The summed E-state index contributed by atoms with van der Waals surface area (Å²) in [5.74, 6) is -0.491. The predicted molar refractivity (Wildman–Crippen MR) is 110 cm³/mol. The number of likely N-dealkylation sites (tertiary alicyclic amines) is 1. The molecule has 1 aromatic rings. The SMILES string of the molecule is COC(=O)C(C)(C)c1ccc(C(=O)NC2CCN(C(=O)OC(C)(C)C)CC2)cc1. The molecule has 2 amide bonds. The highest BCUT2D eigenvalue weighted by molar-refractivity contribution is 5.94. The fraction of sp³-hybridized carbons (Fsp3) is 0.591. The summed E-state index contributed by atoms with van der Waals surface area (Å²) in [5, 5.41) is 3.03. The van der Waals surface area contributed by atoms with Crippen molar-refractivity contribution in [2.45, 2.75) is 64.5 Å². The van der Waals surface area contributed by atoms with E-state index in [1.807, 2.05) is 20.8 Å². The first-order valence-electron chi connectivity index (χ1n) is 9.92. The number of benzene rings is 1. The fourth-order valence-corrected chi connectivity index (χ4v) is 3.21. The maximum Gasteiger partial charge on any atom is 0.410 e. The average molecular weight is 405 g/mol. The zero-order valence-electron chi connectivity index (χ0n) is 18.2. The molecule has 2 rings (SSSR count). The molecule has 7 nitrogen and oxygen atoms in total. The molecule has 1 saturated heterocycles. The number of amides is 2. The Morgan fingerprint density at radius 3 is 2.03 bits per heavy atom. The van der Waals surface area contributed by atoms with Crippen LogP contribution in [-0.2, 0) is 19.7 Å². The van der Waals surface area contributed by atoms with Crippen molar-refractivity contribution in [3.8, 4) is 0 Å². The van der Waals surface area contributed by atoms with Gasteiger partial charge in [0.1, 0.15) is 5.60 Å². The van der Waals surface area contributed by atoms with Crippen molar-refractivity contribution >= 4 is 18.0 Å². The highest BCUT2D eigenvalue weighted by Crippen LogP contribution is 2.25. The molecule has 0 aliphatic carbocycles. The highest BCUT2D eigenvalue weighted by Gasteiger charge is 2.31. The van der Waals surface area contributed by atoms with Gasteiger partial charge in [0, 0.05) is 24.7 Å². The molecule has 160 valence electrons. The van der Waals surface area contributed by atoms with Gasteiger partial charge in [0.15, 0.2) is 0 Å². The number of rotatable bonds is 4. The van der Waals surface area contributed by atoms with Crippen molar-refractivity contribution in [3.63, 3.8) is 0 Å². The van der Waals surface area contributed by atoms with Crippen LogP contribution in [0.25, 0.3) is 0 Å². The van der Waals surface area contributed by atoms with Crippen molar-refractivity contribution < 1.29 is 23.9 Å². The van der Waals surface area contributed by atoms with E-state index >= 15 is 0 Å². The Bertz CT molecular complexity index is 741. The van der Waals surface area contributed by atoms with Gasteiger partial charge in [0.25, 0.3) is 5.91 Å². The standard InChI is InChI=1S/C22H32N2O5/c1-21(2,3)29-20(27)24-13-11-17(12-14-24)23-18(25)15-7-9-16(10-8-15)22(4,5)19(26)28-6/h7-10,17H,11-14H2,1-6H3,(H,23,25). The molecule has 1 heterocycles. The number of piperidine rings is 1. The van der Waals surface area contributed by atoms with E-state index in [2.05, 4.69) is 5.32 Å². The minimum absolute atomic E-state index is 0.00683. The highest BCUT2D eigenvalue weighted by atomic mass is 16.6. The average Bonchev–Trinajstić information content (AvgIpc) is 2.66. The Hall–Kier alpha value is -2.57. The Kier molecular flexibility index (Phi) is 6.93. The van der Waals surface area contributed by atoms with Crippen molar-refractivity contribution in [2.75, 3.05) is 20.2 Å². The number of esters is 1. The van der Waals surface area contributed by atoms with Crippen LogP contribution >= 0.6 is 0 Å². The third-order valence-electron chi connectivity index (χ3n) is 5.05. The van der Waals surface area contributed by atoms with Crippen molar-refractivity contribution in [1.29, 1.82) is 0 Å². The van der Waals surface area contributed by atoms with Gasteiger partial charge in [-0.3, -0.25) is 9.59 Å². The maximum atomic E-state index is 12.6. The van der Waals surface area contributed by atoms with Gasteiger partial charge in [-0.15, -0.1) is 0 Å². The summed E-state index contributed by atoms with van der Waals surface area (Å²) in [6, 6.07) is 6.98. The zero-order valence-corrected chi connectivity index (χ0v) is 18.2. The second-order valence-electron chi connectivity index (χ2n) is 8.91. The van der Waals surface area contributed by atoms with Gasteiger partial charge in [-0.1, -0.05) is 12.1 Å². The summed E-state index contributed by atoms with van der Waals surface area (Å²) >= 11 is 0. The van der Waals surface area contributed by atoms with Crippen molar-refractivity contribution in [1.82, 2.24) is 10.2 Å². The van der Waals surface area contributed by atoms with Crippen LogP contribution < -0.4 is 5.32 Å². The van der Waals surface area contributed by atoms with Crippen LogP contribution in [0.4, 0.5) is 4.79 Å². The van der Waals surface area contributed by atoms with Crippen LogP contribution in [0.3, 0.4) is 0 Å². The molecule has 0 spiro atoms. The summed E-state index contributed by atoms with van der Waals surface area (Å²) in [4.78, 5) is 38.3. The van der Waals surface area contributed by atoms with Crippen LogP contribution in [-0.4, -0.2) is 54.7 Å². The number of carbonyl (C=O) groups is 3. The second kappa shape index (κ2) is 8.84. The molecule has 0 unspecified atom stereocenters. The summed E-state index contributed by atoms with van der Waals surface area (Å²) < 4.78 is 10.2. The first-order valence-corrected chi connectivity index (χ1v) is 9.92. The minimum atomic E-state index is -0.780. The van der Waals surface area contributed by atoms with E-state index in [1.54, 1.807) is 43.0 Å². The lowest BCUT2D eigenvalue weighted by atomic mass is 9.84. The third kappa shape index (κ3) is 5.95. The Balaban J connectivity index is 1.90. The van der Waals surface area contributed by atoms with E-state index in [-0.39, 0.29) is 24.0 Å². The number of hydrogen-bond acceptors (Lipinski definition) is 5. The summed E-state index contributed by atoms with van der Waals surface area (Å²) in [5.41, 5.74) is 0.0187. The molecule has 0 saturated carbocycles. The predicted octanol–water partition coefficient (Wildman–Crippen LogP) is 3.27. The van der Waals surface area contributed by atoms with E-state index in [9.17, 15) is 14.4 Å². The molecule has 0 aromatic heterocycles. The third-order valence-corrected chi connectivity index (χ3v) is 5.05. The van der Waals surface area contributed by atoms with Gasteiger partial charge < -0.3 is 19.7 Å². The Morgan fingerprint density at radius 2 is 1.55 bits per heavy atom. The summed E-state index contributed by atoms with van der Waals surface area (Å²) in [7, 11) is 1.36. The van der Waals surface area contributed by atoms with E-state index in [1.165, 1.54) is 7.11 Å². The van der Waals surface area contributed by atoms with Gasteiger partial charge in [-0.25, -0.2) is 4.79 Å². The molecule has 1 aliphatic heterocycles. The molecule has 7 heteroatoms. The topological polar surface area (TPSA) is 84.9 Å². The molecule has 0 atom stereocenters. The van der Waals surface area contributed by atoms with E-state index in [0.29, 0.717) is 31.5 Å². The van der Waals surface area contributed by atoms with Gasteiger partial charge in [-0.05, 0) is 65.2 Å². The number of methoxy groups -OCH3 is 1. The molecule has 1 fully saturated rings. The molecule has 0 radical (unpaired) electrons. The van der Waals surface area contributed by atoms with Gasteiger partial charge in [-0.2, -0.15) is 0 Å². The normalized spacial score (nSPS) is 15.6. The number of nitrogens with zero attached hydrogens (tertiary/aromatic N) is 1. The Labute approximate surface area is 172 Å². The first-order chi connectivity index (χ1) is 13.4. The lowest BCUT2D eigenvalue weighted by Gasteiger charge is -2.33. The van der Waals surface area contributed by atoms with Crippen molar-refractivity contribution in [3.05, 3.63) is 35.4 Å². The molecular formula is C22H32N2O5. The lowest BCUT2D eigenvalue weighted by molar-refractivity contribution is -0.146. The largest absolute Gasteiger partial charge is 0.468 e. The number of hydrogen-bond donors (Lipinski definition) is 1. The van der Waals surface area contributed by atoms with E-state index in [0.717, 1.165) is 5.56 Å². The Morgan fingerprint density at radius 1 is 1.00 bits per heavy atom. The number of nitrogens with one attached hydrogen (secondary N) is 1. The van der Waals surface area contributed by atoms with Crippen LogP contribution in [0.5, 0.6) is 0 Å². The molecule has 1 aliphatic rings. The molecule has 29 heavy (non-hydrogen) atoms. The summed E-state index contributed by atoms with van der Waals surface area (Å²) in [6.45, 7) is 10.2. The number of ether oxygens (including phenoxy) is 2. The van der Waals surface area contributed by atoms with Crippen LogP contribution in [0.15, 0.2) is 24.3 Å². The van der Waals surface area contributed by atoms with Gasteiger partial charge >= 0.3 is 12.1 Å². The molecule has 0 bridgehead atoms. The fourth-order valence-electron chi connectivity index (χ4n) is 3.21. The quantitative estimate of drug-likeness (QED) is 0.779. The van der Waals surface area contributed by atoms with Gasteiger partial charge in [0.05, 0.1) is 12.5 Å². The van der Waals surface area contributed by atoms with E-state index < -0.39 is 11.0 Å². The minimum Gasteiger partial charge on any atom is -0.468 e. The first kappa shape index (κ1) is 22.7. The van der Waals surface area contributed by atoms with Crippen LogP contribution in [0.1, 0.15) is 63.4 Å². The zero-order chi connectivity index (χ0) is 21.8. The van der Waals surface area contributed by atoms with Gasteiger partial charge in [0.2, 0.25) is 0 Å². The van der Waals surface area contributed by atoms with Crippen molar-refractivity contribution in [2.24, 2.45) is 0 Å². The second-order valence-corrected chi connectivity index (χ2v) is 8.91. The van der Waals surface area contributed by atoms with E-state index in [4.69, 9.17) is 9.47 Å². The lowest BCUT2D eigenvalue weighted by Crippen LogP contribution is -2.47. The monoisotopic (exact) mass is 404 g/mol.